The summed E-state index contributed by atoms with van der Waals surface area (Å²) in [4.78, 5) is 10.9. The van der Waals surface area contributed by atoms with Gasteiger partial charge < -0.3 is 15.5 Å². The van der Waals surface area contributed by atoms with Gasteiger partial charge in [0.1, 0.15) is 0 Å². The number of hydrogen-bond donors (Lipinski definition) is 3. The van der Waals surface area contributed by atoms with Crippen LogP contribution in [0.5, 0.6) is 0 Å². The topological polar surface area (TPSA) is 69.6 Å². The summed E-state index contributed by atoms with van der Waals surface area (Å²) in [5.41, 5.74) is 0. The quantitative estimate of drug-likeness (QED) is 0.601. The van der Waals surface area contributed by atoms with E-state index in [1.54, 1.807) is 7.05 Å². The first-order valence-electron chi connectivity index (χ1n) is 5.20. The minimum absolute atomic E-state index is 0.0593. The van der Waals surface area contributed by atoms with Gasteiger partial charge in [-0.2, -0.15) is 0 Å². The molecular formula is C10H19NO3. The molecule has 0 bridgehead atoms. The van der Waals surface area contributed by atoms with E-state index in [0.29, 0.717) is 25.2 Å². The zero-order valence-electron chi connectivity index (χ0n) is 8.57. The van der Waals surface area contributed by atoms with E-state index < -0.39 is 12.2 Å². The van der Waals surface area contributed by atoms with Gasteiger partial charge in [-0.3, -0.25) is 4.79 Å². The predicted molar refractivity (Wildman–Crippen MR) is 52.7 cm³/mol. The van der Waals surface area contributed by atoms with Crippen LogP contribution in [0.25, 0.3) is 0 Å². The Morgan fingerprint density at radius 3 is 2.43 bits per heavy atom. The van der Waals surface area contributed by atoms with Crippen LogP contribution in [0.2, 0.25) is 0 Å². The molecule has 0 saturated heterocycles. The summed E-state index contributed by atoms with van der Waals surface area (Å²) in [7, 11) is 1.63. The molecular weight excluding hydrogens is 182 g/mol. The fraction of sp³-hybridized carbons (Fsp3) is 0.900. The molecule has 1 aliphatic rings. The molecule has 1 aliphatic carbocycles. The van der Waals surface area contributed by atoms with Crippen molar-refractivity contribution in [3.63, 3.8) is 0 Å². The summed E-state index contributed by atoms with van der Waals surface area (Å²) < 4.78 is 0. The first kappa shape index (κ1) is 11.5. The fourth-order valence-corrected chi connectivity index (χ4v) is 2.01. The van der Waals surface area contributed by atoms with Crippen LogP contribution in [0.3, 0.4) is 0 Å². The van der Waals surface area contributed by atoms with Gasteiger partial charge in [0.25, 0.3) is 0 Å². The number of aliphatic hydroxyl groups excluding tert-OH is 2. The molecule has 0 aromatic rings. The van der Waals surface area contributed by atoms with Crippen LogP contribution in [0.15, 0.2) is 0 Å². The highest BCUT2D eigenvalue weighted by molar-refractivity contribution is 5.75. The minimum Gasteiger partial charge on any atom is -0.390 e. The van der Waals surface area contributed by atoms with E-state index in [2.05, 4.69) is 5.32 Å². The fourth-order valence-electron chi connectivity index (χ4n) is 2.01. The lowest BCUT2D eigenvalue weighted by Gasteiger charge is -2.07. The average molecular weight is 201 g/mol. The summed E-state index contributed by atoms with van der Waals surface area (Å²) in [6, 6.07) is 0. The Morgan fingerprint density at radius 2 is 1.93 bits per heavy atom. The van der Waals surface area contributed by atoms with Crippen LogP contribution >= 0.6 is 0 Å². The highest BCUT2D eigenvalue weighted by Gasteiger charge is 2.30. The SMILES string of the molecule is CNC(=O)CCCC1C[C@@H](O)[C@@H](O)C1. The van der Waals surface area contributed by atoms with E-state index in [1.807, 2.05) is 0 Å². The molecule has 82 valence electrons. The molecule has 0 radical (unpaired) electrons. The van der Waals surface area contributed by atoms with Gasteiger partial charge in [0.05, 0.1) is 12.2 Å². The largest absolute Gasteiger partial charge is 0.390 e. The van der Waals surface area contributed by atoms with Crippen LogP contribution in [-0.2, 0) is 4.79 Å². The second kappa shape index (κ2) is 5.32. The smallest absolute Gasteiger partial charge is 0.219 e. The molecule has 0 aromatic carbocycles. The second-order valence-electron chi connectivity index (χ2n) is 4.04. The van der Waals surface area contributed by atoms with Gasteiger partial charge in [0, 0.05) is 13.5 Å². The van der Waals surface area contributed by atoms with Gasteiger partial charge in [-0.05, 0) is 31.6 Å². The van der Waals surface area contributed by atoms with Crippen molar-refractivity contribution in [2.75, 3.05) is 7.05 Å². The molecule has 1 amide bonds. The Labute approximate surface area is 84.3 Å². The van der Waals surface area contributed by atoms with Gasteiger partial charge in [-0.1, -0.05) is 0 Å². The Bertz CT molecular complexity index is 186. The first-order chi connectivity index (χ1) is 6.63. The van der Waals surface area contributed by atoms with Crippen LogP contribution < -0.4 is 5.32 Å². The van der Waals surface area contributed by atoms with Crippen molar-refractivity contribution >= 4 is 5.91 Å². The summed E-state index contributed by atoms with van der Waals surface area (Å²) in [5, 5.41) is 21.2. The van der Waals surface area contributed by atoms with Gasteiger partial charge in [0.15, 0.2) is 0 Å². The Morgan fingerprint density at radius 1 is 1.36 bits per heavy atom. The third-order valence-electron chi connectivity index (χ3n) is 2.89. The highest BCUT2D eigenvalue weighted by atomic mass is 16.3. The maximum atomic E-state index is 10.9. The summed E-state index contributed by atoms with van der Waals surface area (Å²) >= 11 is 0. The lowest BCUT2D eigenvalue weighted by molar-refractivity contribution is -0.120. The molecule has 3 atom stereocenters. The normalized spacial score (nSPS) is 31.8. The number of aliphatic hydroxyl groups is 2. The van der Waals surface area contributed by atoms with Crippen molar-refractivity contribution in [3.05, 3.63) is 0 Å². The molecule has 0 aromatic heterocycles. The number of carbonyl (C=O) groups is 1. The zero-order chi connectivity index (χ0) is 10.6. The molecule has 0 aliphatic heterocycles. The molecule has 14 heavy (non-hydrogen) atoms. The lowest BCUT2D eigenvalue weighted by atomic mass is 10.0. The number of amides is 1. The van der Waals surface area contributed by atoms with Crippen molar-refractivity contribution < 1.29 is 15.0 Å². The minimum atomic E-state index is -0.556. The van der Waals surface area contributed by atoms with Crippen LogP contribution in [0, 0.1) is 5.92 Å². The molecule has 0 spiro atoms. The molecule has 1 fully saturated rings. The van der Waals surface area contributed by atoms with E-state index in [9.17, 15) is 15.0 Å². The number of rotatable bonds is 4. The van der Waals surface area contributed by atoms with Crippen molar-refractivity contribution in [1.82, 2.24) is 5.32 Å². The molecule has 3 N–H and O–H groups in total. The van der Waals surface area contributed by atoms with E-state index in [4.69, 9.17) is 0 Å². The first-order valence-corrected chi connectivity index (χ1v) is 5.20. The van der Waals surface area contributed by atoms with Crippen molar-refractivity contribution in [2.24, 2.45) is 5.92 Å². The molecule has 1 saturated carbocycles. The van der Waals surface area contributed by atoms with Gasteiger partial charge in [-0.25, -0.2) is 0 Å². The average Bonchev–Trinajstić information content (AvgIpc) is 2.46. The third-order valence-corrected chi connectivity index (χ3v) is 2.89. The maximum Gasteiger partial charge on any atom is 0.219 e. The second-order valence-corrected chi connectivity index (χ2v) is 4.04. The van der Waals surface area contributed by atoms with E-state index in [0.717, 1.165) is 12.8 Å². The molecule has 1 rings (SSSR count). The Balaban J connectivity index is 2.11. The molecule has 4 heteroatoms. The lowest BCUT2D eigenvalue weighted by Crippen LogP contribution is -2.17. The number of carbonyl (C=O) groups excluding carboxylic acids is 1. The van der Waals surface area contributed by atoms with Crippen LogP contribution in [0.1, 0.15) is 32.1 Å². The summed E-state index contributed by atoms with van der Waals surface area (Å²) in [6.07, 6.45) is 2.54. The van der Waals surface area contributed by atoms with Crippen LogP contribution in [0.4, 0.5) is 0 Å². The van der Waals surface area contributed by atoms with E-state index in [1.165, 1.54) is 0 Å². The van der Waals surface area contributed by atoms with Crippen molar-refractivity contribution in [1.29, 1.82) is 0 Å². The standard InChI is InChI=1S/C10H19NO3/c1-11-10(14)4-2-3-7-5-8(12)9(13)6-7/h7-9,12-13H,2-6H2,1H3,(H,11,14)/t7?,8-,9+. The van der Waals surface area contributed by atoms with Gasteiger partial charge >= 0.3 is 0 Å². The van der Waals surface area contributed by atoms with Gasteiger partial charge in [0.2, 0.25) is 5.91 Å². The van der Waals surface area contributed by atoms with Gasteiger partial charge in [-0.15, -0.1) is 0 Å². The highest BCUT2D eigenvalue weighted by Crippen LogP contribution is 2.29. The van der Waals surface area contributed by atoms with Crippen LogP contribution in [-0.4, -0.2) is 35.4 Å². The van der Waals surface area contributed by atoms with E-state index >= 15 is 0 Å². The van der Waals surface area contributed by atoms with Crippen molar-refractivity contribution in [2.45, 2.75) is 44.3 Å². The monoisotopic (exact) mass is 201 g/mol. The third kappa shape index (κ3) is 3.27. The Hall–Kier alpha value is -0.610. The summed E-state index contributed by atoms with van der Waals surface area (Å²) in [5.74, 6) is 0.439. The molecule has 0 heterocycles. The molecule has 1 unspecified atom stereocenters. The predicted octanol–water partition coefficient (Wildman–Crippen LogP) is 0.0345. The summed E-state index contributed by atoms with van der Waals surface area (Å²) in [6.45, 7) is 0. The van der Waals surface area contributed by atoms with Crippen molar-refractivity contribution in [3.8, 4) is 0 Å². The number of nitrogens with one attached hydrogen (secondary N) is 1. The zero-order valence-corrected chi connectivity index (χ0v) is 8.57. The van der Waals surface area contributed by atoms with E-state index in [-0.39, 0.29) is 5.91 Å². The molecule has 4 nitrogen and oxygen atoms in total. The maximum absolute atomic E-state index is 10.9. The Kier molecular flexibility index (Phi) is 4.35. The number of hydrogen-bond acceptors (Lipinski definition) is 3.